The first-order chi connectivity index (χ1) is 8.90. The molecule has 4 heteroatoms. The Kier molecular flexibility index (Phi) is 3.80. The highest BCUT2D eigenvalue weighted by atomic mass is 16.2. The SMILES string of the molecule is Cc1ccc(N)c(C(=O)N2CC(C)C(N(C)C)C2)c1. The summed E-state index contributed by atoms with van der Waals surface area (Å²) in [5.41, 5.74) is 8.19. The highest BCUT2D eigenvalue weighted by Gasteiger charge is 2.34. The van der Waals surface area contributed by atoms with Gasteiger partial charge in [-0.15, -0.1) is 0 Å². The molecule has 2 rings (SSSR count). The normalized spacial score (nSPS) is 23.1. The van der Waals surface area contributed by atoms with Crippen LogP contribution in [0.4, 0.5) is 5.69 Å². The van der Waals surface area contributed by atoms with E-state index in [9.17, 15) is 4.79 Å². The zero-order valence-corrected chi connectivity index (χ0v) is 12.2. The van der Waals surface area contributed by atoms with Crippen molar-refractivity contribution < 1.29 is 4.79 Å². The van der Waals surface area contributed by atoms with Crippen molar-refractivity contribution in [3.63, 3.8) is 0 Å². The molecule has 1 saturated heterocycles. The quantitative estimate of drug-likeness (QED) is 0.823. The van der Waals surface area contributed by atoms with Crippen LogP contribution in [-0.2, 0) is 0 Å². The molecule has 1 fully saturated rings. The second kappa shape index (κ2) is 5.21. The van der Waals surface area contributed by atoms with Crippen molar-refractivity contribution in [1.82, 2.24) is 9.80 Å². The molecule has 2 atom stereocenters. The summed E-state index contributed by atoms with van der Waals surface area (Å²) < 4.78 is 0. The molecule has 1 amide bonds. The number of benzene rings is 1. The van der Waals surface area contributed by atoms with Gasteiger partial charge in [0, 0.05) is 24.8 Å². The van der Waals surface area contributed by atoms with Crippen molar-refractivity contribution >= 4 is 11.6 Å². The maximum atomic E-state index is 12.6. The van der Waals surface area contributed by atoms with E-state index >= 15 is 0 Å². The summed E-state index contributed by atoms with van der Waals surface area (Å²) in [5, 5.41) is 0. The molecule has 0 radical (unpaired) electrons. The van der Waals surface area contributed by atoms with Gasteiger partial charge in [-0.3, -0.25) is 4.79 Å². The number of carbonyl (C=O) groups excluding carboxylic acids is 1. The van der Waals surface area contributed by atoms with Gasteiger partial charge in [0.1, 0.15) is 0 Å². The van der Waals surface area contributed by atoms with Gasteiger partial charge in [-0.25, -0.2) is 0 Å². The van der Waals surface area contributed by atoms with Crippen molar-refractivity contribution in [3.8, 4) is 0 Å². The standard InChI is InChI=1S/C15H23N3O/c1-10-5-6-13(16)12(7-10)15(19)18-8-11(2)14(9-18)17(3)4/h5-7,11,14H,8-9,16H2,1-4H3. The average Bonchev–Trinajstić information content (AvgIpc) is 2.74. The summed E-state index contributed by atoms with van der Waals surface area (Å²) in [6, 6.07) is 6.05. The monoisotopic (exact) mass is 261 g/mol. The van der Waals surface area contributed by atoms with Crippen molar-refractivity contribution in [2.75, 3.05) is 32.9 Å². The number of nitrogens with two attached hydrogens (primary N) is 1. The molecule has 2 unspecified atom stereocenters. The molecule has 2 N–H and O–H groups in total. The van der Waals surface area contributed by atoms with Crippen LogP contribution in [0.15, 0.2) is 18.2 Å². The third-order valence-corrected chi connectivity index (χ3v) is 3.96. The van der Waals surface area contributed by atoms with Gasteiger partial charge in [-0.1, -0.05) is 18.6 Å². The minimum Gasteiger partial charge on any atom is -0.398 e. The average molecular weight is 261 g/mol. The van der Waals surface area contributed by atoms with Crippen LogP contribution in [0.1, 0.15) is 22.8 Å². The summed E-state index contributed by atoms with van der Waals surface area (Å²) >= 11 is 0. The third-order valence-electron chi connectivity index (χ3n) is 3.96. The molecule has 0 bridgehead atoms. The van der Waals surface area contributed by atoms with Crippen molar-refractivity contribution in [1.29, 1.82) is 0 Å². The number of anilines is 1. The topological polar surface area (TPSA) is 49.6 Å². The van der Waals surface area contributed by atoms with E-state index in [0.29, 0.717) is 23.2 Å². The minimum atomic E-state index is 0.0531. The number of amides is 1. The van der Waals surface area contributed by atoms with Crippen molar-refractivity contribution in [3.05, 3.63) is 29.3 Å². The summed E-state index contributed by atoms with van der Waals surface area (Å²) in [4.78, 5) is 16.7. The Morgan fingerprint density at radius 2 is 2.05 bits per heavy atom. The Morgan fingerprint density at radius 1 is 1.37 bits per heavy atom. The lowest BCUT2D eigenvalue weighted by molar-refractivity contribution is 0.0782. The van der Waals surface area contributed by atoms with E-state index in [4.69, 9.17) is 5.73 Å². The van der Waals surface area contributed by atoms with E-state index in [0.717, 1.165) is 18.7 Å². The lowest BCUT2D eigenvalue weighted by Gasteiger charge is -2.22. The van der Waals surface area contributed by atoms with E-state index in [1.54, 1.807) is 0 Å². The van der Waals surface area contributed by atoms with Gasteiger partial charge in [-0.2, -0.15) is 0 Å². The largest absolute Gasteiger partial charge is 0.398 e. The third kappa shape index (κ3) is 2.73. The van der Waals surface area contributed by atoms with Crippen LogP contribution in [0.5, 0.6) is 0 Å². The van der Waals surface area contributed by atoms with E-state index in [1.165, 1.54) is 0 Å². The predicted molar refractivity (Wildman–Crippen MR) is 78.1 cm³/mol. The molecule has 4 nitrogen and oxygen atoms in total. The van der Waals surface area contributed by atoms with Crippen LogP contribution in [-0.4, -0.2) is 48.9 Å². The van der Waals surface area contributed by atoms with Crippen molar-refractivity contribution in [2.45, 2.75) is 19.9 Å². The van der Waals surface area contributed by atoms with Crippen LogP contribution >= 0.6 is 0 Å². The van der Waals surface area contributed by atoms with Crippen LogP contribution in [0.2, 0.25) is 0 Å². The molecule has 104 valence electrons. The number of hydrogen-bond donors (Lipinski definition) is 1. The maximum absolute atomic E-state index is 12.6. The van der Waals surface area contributed by atoms with Gasteiger partial charge in [-0.05, 0) is 39.1 Å². The van der Waals surface area contributed by atoms with E-state index in [1.807, 2.05) is 30.0 Å². The smallest absolute Gasteiger partial charge is 0.256 e. The Balaban J connectivity index is 2.19. The summed E-state index contributed by atoms with van der Waals surface area (Å²) in [5.74, 6) is 0.544. The molecule has 0 saturated carbocycles. The Hall–Kier alpha value is -1.55. The Bertz CT molecular complexity index is 484. The summed E-state index contributed by atoms with van der Waals surface area (Å²) in [6.45, 7) is 5.75. The molecule has 1 aromatic rings. The molecule has 0 spiro atoms. The van der Waals surface area contributed by atoms with E-state index in [2.05, 4.69) is 25.9 Å². The van der Waals surface area contributed by atoms with Gasteiger partial charge in [0.2, 0.25) is 0 Å². The van der Waals surface area contributed by atoms with Gasteiger partial charge in [0.15, 0.2) is 0 Å². The molecule has 1 aliphatic rings. The number of carbonyl (C=O) groups is 1. The fraction of sp³-hybridized carbons (Fsp3) is 0.533. The number of hydrogen-bond acceptors (Lipinski definition) is 3. The van der Waals surface area contributed by atoms with E-state index in [-0.39, 0.29) is 5.91 Å². The number of rotatable bonds is 2. The number of nitrogen functional groups attached to an aromatic ring is 1. The number of nitrogens with zero attached hydrogens (tertiary/aromatic N) is 2. The fourth-order valence-corrected chi connectivity index (χ4v) is 2.81. The fourth-order valence-electron chi connectivity index (χ4n) is 2.81. The minimum absolute atomic E-state index is 0.0531. The molecule has 0 aliphatic carbocycles. The molecule has 1 aromatic carbocycles. The first kappa shape index (κ1) is 13.9. The van der Waals surface area contributed by atoms with Crippen LogP contribution in [0.25, 0.3) is 0 Å². The Morgan fingerprint density at radius 3 is 2.63 bits per heavy atom. The zero-order valence-electron chi connectivity index (χ0n) is 12.2. The first-order valence-corrected chi connectivity index (χ1v) is 6.72. The molecule has 19 heavy (non-hydrogen) atoms. The zero-order chi connectivity index (χ0) is 14.2. The second-order valence-corrected chi connectivity index (χ2v) is 5.81. The summed E-state index contributed by atoms with van der Waals surface area (Å²) in [7, 11) is 4.13. The maximum Gasteiger partial charge on any atom is 0.256 e. The molecule has 1 aliphatic heterocycles. The second-order valence-electron chi connectivity index (χ2n) is 5.81. The van der Waals surface area contributed by atoms with E-state index < -0.39 is 0 Å². The number of likely N-dealkylation sites (N-methyl/N-ethyl adjacent to an activating group) is 1. The van der Waals surface area contributed by atoms with Gasteiger partial charge in [0.05, 0.1) is 5.56 Å². The predicted octanol–water partition coefficient (Wildman–Crippen LogP) is 1.60. The molecule has 1 heterocycles. The first-order valence-electron chi connectivity index (χ1n) is 6.72. The van der Waals surface area contributed by atoms with Crippen LogP contribution in [0.3, 0.4) is 0 Å². The highest BCUT2D eigenvalue weighted by molar-refractivity contribution is 5.99. The highest BCUT2D eigenvalue weighted by Crippen LogP contribution is 2.24. The van der Waals surface area contributed by atoms with Gasteiger partial charge < -0.3 is 15.5 Å². The van der Waals surface area contributed by atoms with Gasteiger partial charge in [0.25, 0.3) is 5.91 Å². The van der Waals surface area contributed by atoms with Crippen LogP contribution < -0.4 is 5.73 Å². The van der Waals surface area contributed by atoms with Gasteiger partial charge >= 0.3 is 0 Å². The molecular weight excluding hydrogens is 238 g/mol. The molecule has 0 aromatic heterocycles. The summed E-state index contributed by atoms with van der Waals surface area (Å²) in [6.07, 6.45) is 0. The lowest BCUT2D eigenvalue weighted by atomic mass is 10.1. The number of aryl methyl sites for hydroxylation is 1. The van der Waals surface area contributed by atoms with Crippen molar-refractivity contribution in [2.24, 2.45) is 5.92 Å². The Labute approximate surface area is 115 Å². The molecular formula is C15H23N3O. The van der Waals surface area contributed by atoms with Crippen LogP contribution in [0, 0.1) is 12.8 Å². The number of likely N-dealkylation sites (tertiary alicyclic amines) is 1. The lowest BCUT2D eigenvalue weighted by Crippen LogP contribution is -2.36.